The summed E-state index contributed by atoms with van der Waals surface area (Å²) in [7, 11) is -1.09. The van der Waals surface area contributed by atoms with Gasteiger partial charge in [-0.05, 0) is 43.5 Å². The van der Waals surface area contributed by atoms with E-state index in [0.29, 0.717) is 35.5 Å². The van der Waals surface area contributed by atoms with Gasteiger partial charge >= 0.3 is 5.97 Å². The quantitative estimate of drug-likeness (QED) is 0.444. The molecule has 0 spiro atoms. The number of methoxy groups -OCH3 is 2. The van der Waals surface area contributed by atoms with E-state index in [4.69, 9.17) is 14.2 Å². The van der Waals surface area contributed by atoms with Crippen LogP contribution in [0.15, 0.2) is 41.3 Å². The van der Waals surface area contributed by atoms with Crippen molar-refractivity contribution in [1.29, 1.82) is 0 Å². The lowest BCUT2D eigenvalue weighted by Crippen LogP contribution is -2.49. The van der Waals surface area contributed by atoms with Gasteiger partial charge in [-0.25, -0.2) is 8.42 Å². The summed E-state index contributed by atoms with van der Waals surface area (Å²) in [6.07, 6.45) is 1.55. The van der Waals surface area contributed by atoms with Gasteiger partial charge in [-0.15, -0.1) is 0 Å². The second-order valence-corrected chi connectivity index (χ2v) is 10.1. The van der Waals surface area contributed by atoms with Gasteiger partial charge in [-0.1, -0.05) is 6.07 Å². The highest BCUT2D eigenvalue weighted by molar-refractivity contribution is 7.89. The van der Waals surface area contributed by atoms with Crippen LogP contribution in [0.5, 0.6) is 11.5 Å². The Bertz CT molecular complexity index is 1340. The van der Waals surface area contributed by atoms with Crippen molar-refractivity contribution < 1.29 is 32.2 Å². The zero-order valence-electron chi connectivity index (χ0n) is 19.1. The monoisotopic (exact) mass is 520 g/mol. The van der Waals surface area contributed by atoms with Gasteiger partial charge in [0.1, 0.15) is 33.5 Å². The van der Waals surface area contributed by atoms with Gasteiger partial charge in [-0.3, -0.25) is 9.59 Å². The first kappa shape index (κ1) is 24.8. The molecule has 1 aromatic heterocycles. The Hall–Kier alpha value is -3.29. The van der Waals surface area contributed by atoms with Crippen molar-refractivity contribution >= 4 is 50.3 Å². The molecule has 11 nitrogen and oxygen atoms in total. The fraction of sp³-hybridized carbons (Fsp3) is 0.364. The fourth-order valence-corrected chi connectivity index (χ4v) is 6.27. The number of fused-ring (bicyclic) bond motifs is 1. The lowest BCUT2D eigenvalue weighted by atomic mass is 10.1. The van der Waals surface area contributed by atoms with Crippen molar-refractivity contribution in [3.63, 3.8) is 0 Å². The molecule has 2 heterocycles. The number of hydrogen-bond donors (Lipinski definition) is 1. The molecule has 0 aliphatic carbocycles. The van der Waals surface area contributed by atoms with E-state index < -0.39 is 34.5 Å². The highest BCUT2D eigenvalue weighted by Crippen LogP contribution is 2.31. The van der Waals surface area contributed by atoms with E-state index in [-0.39, 0.29) is 23.4 Å². The number of aromatic nitrogens is 2. The van der Waals surface area contributed by atoms with Crippen LogP contribution in [-0.4, -0.2) is 66.8 Å². The maximum absolute atomic E-state index is 13.5. The van der Waals surface area contributed by atoms with Crippen LogP contribution in [0.4, 0.5) is 5.69 Å². The van der Waals surface area contributed by atoms with E-state index >= 15 is 0 Å². The SMILES string of the molecule is COc1ccc(NC(=O)COC(=O)C2CCCCN2S(=O)(=O)c2cccc3nsnc23)c(OC)c1. The van der Waals surface area contributed by atoms with Gasteiger partial charge in [0.2, 0.25) is 10.0 Å². The lowest BCUT2D eigenvalue weighted by Gasteiger charge is -2.32. The second kappa shape index (κ2) is 10.5. The molecule has 1 fully saturated rings. The third-order valence-corrected chi connectivity index (χ3v) is 8.07. The molecule has 13 heteroatoms. The van der Waals surface area contributed by atoms with Crippen LogP contribution in [0.25, 0.3) is 11.0 Å². The van der Waals surface area contributed by atoms with Crippen LogP contribution < -0.4 is 14.8 Å². The molecular weight excluding hydrogens is 496 g/mol. The van der Waals surface area contributed by atoms with Crippen molar-refractivity contribution in [2.24, 2.45) is 0 Å². The number of esters is 1. The summed E-state index contributed by atoms with van der Waals surface area (Å²) in [6.45, 7) is -0.421. The maximum Gasteiger partial charge on any atom is 0.324 e. The Morgan fingerprint density at radius 3 is 2.74 bits per heavy atom. The molecular formula is C22H24N4O7S2. The molecule has 186 valence electrons. The van der Waals surface area contributed by atoms with E-state index in [1.54, 1.807) is 30.3 Å². The molecule has 1 aliphatic heterocycles. The molecule has 1 amide bonds. The minimum atomic E-state index is -4.05. The summed E-state index contributed by atoms with van der Waals surface area (Å²) in [5, 5.41) is 2.61. The molecule has 1 N–H and O–H groups in total. The number of anilines is 1. The smallest absolute Gasteiger partial charge is 0.324 e. The number of amides is 1. The Balaban J connectivity index is 1.46. The van der Waals surface area contributed by atoms with Crippen LogP contribution in [0.2, 0.25) is 0 Å². The molecule has 1 aliphatic rings. The minimum Gasteiger partial charge on any atom is -0.497 e. The number of hydrogen-bond acceptors (Lipinski definition) is 10. The molecule has 1 unspecified atom stereocenters. The van der Waals surface area contributed by atoms with Crippen molar-refractivity contribution in [3.05, 3.63) is 36.4 Å². The average molecular weight is 521 g/mol. The lowest BCUT2D eigenvalue weighted by molar-refractivity contribution is -0.152. The average Bonchev–Trinajstić information content (AvgIpc) is 3.36. The molecule has 0 saturated carbocycles. The van der Waals surface area contributed by atoms with Crippen molar-refractivity contribution in [2.45, 2.75) is 30.2 Å². The van der Waals surface area contributed by atoms with Gasteiger partial charge in [-0.2, -0.15) is 13.1 Å². The van der Waals surface area contributed by atoms with Gasteiger partial charge in [0, 0.05) is 12.6 Å². The number of nitrogens with zero attached hydrogens (tertiary/aromatic N) is 3. The molecule has 2 aromatic carbocycles. The normalized spacial score (nSPS) is 16.6. The zero-order valence-corrected chi connectivity index (χ0v) is 20.7. The highest BCUT2D eigenvalue weighted by Gasteiger charge is 2.39. The molecule has 0 radical (unpaired) electrons. The second-order valence-electron chi connectivity index (χ2n) is 7.74. The zero-order chi connectivity index (χ0) is 25.0. The Kier molecular flexibility index (Phi) is 7.48. The standard InChI is InChI=1S/C22H24N4O7S2/c1-31-14-9-10-15(18(12-14)32-2)23-20(27)13-33-22(28)17-7-3-4-11-26(17)35(29,30)19-8-5-6-16-21(19)25-34-24-16/h5-6,8-10,12,17H,3-4,7,11,13H2,1-2H3,(H,23,27). The van der Waals surface area contributed by atoms with Crippen LogP contribution in [0.3, 0.4) is 0 Å². The predicted octanol–water partition coefficient (Wildman–Crippen LogP) is 2.43. The molecule has 1 saturated heterocycles. The maximum atomic E-state index is 13.5. The summed E-state index contributed by atoms with van der Waals surface area (Å²) in [5.41, 5.74) is 1.11. The number of piperidine rings is 1. The highest BCUT2D eigenvalue weighted by atomic mass is 32.2. The predicted molar refractivity (Wildman–Crippen MR) is 128 cm³/mol. The number of ether oxygens (including phenoxy) is 3. The molecule has 4 rings (SSSR count). The first-order chi connectivity index (χ1) is 16.8. The van der Waals surface area contributed by atoms with Gasteiger partial charge in [0.25, 0.3) is 5.91 Å². The molecule has 35 heavy (non-hydrogen) atoms. The molecule has 1 atom stereocenters. The van der Waals surface area contributed by atoms with Crippen LogP contribution in [-0.2, 0) is 24.3 Å². The van der Waals surface area contributed by atoms with Crippen LogP contribution in [0, 0.1) is 0 Å². The van der Waals surface area contributed by atoms with Gasteiger partial charge in [0.05, 0.1) is 31.6 Å². The number of benzene rings is 2. The van der Waals surface area contributed by atoms with Gasteiger partial charge in [0.15, 0.2) is 6.61 Å². The summed E-state index contributed by atoms with van der Waals surface area (Å²) in [4.78, 5) is 25.3. The minimum absolute atomic E-state index is 0.00667. The number of sulfonamides is 1. The Morgan fingerprint density at radius 2 is 1.97 bits per heavy atom. The first-order valence-corrected chi connectivity index (χ1v) is 12.9. The van der Waals surface area contributed by atoms with Crippen LogP contribution >= 0.6 is 11.7 Å². The fourth-order valence-electron chi connectivity index (χ4n) is 3.87. The summed E-state index contributed by atoms with van der Waals surface area (Å²) in [5.74, 6) is -0.452. The van der Waals surface area contributed by atoms with E-state index in [2.05, 4.69) is 14.1 Å². The largest absolute Gasteiger partial charge is 0.497 e. The van der Waals surface area contributed by atoms with E-state index in [9.17, 15) is 18.0 Å². The number of carbonyl (C=O) groups is 2. The summed E-state index contributed by atoms with van der Waals surface area (Å²) in [6, 6.07) is 8.52. The first-order valence-electron chi connectivity index (χ1n) is 10.8. The number of carbonyl (C=O) groups excluding carboxylic acids is 2. The van der Waals surface area contributed by atoms with E-state index in [1.165, 1.54) is 20.3 Å². The van der Waals surface area contributed by atoms with Crippen molar-refractivity contribution in [1.82, 2.24) is 13.1 Å². The van der Waals surface area contributed by atoms with Crippen molar-refractivity contribution in [3.8, 4) is 11.5 Å². The number of rotatable bonds is 8. The summed E-state index contributed by atoms with van der Waals surface area (Å²) >= 11 is 0.919. The Labute approximate surface area is 206 Å². The summed E-state index contributed by atoms with van der Waals surface area (Å²) < 4.78 is 51.9. The van der Waals surface area contributed by atoms with E-state index in [0.717, 1.165) is 16.0 Å². The molecule has 0 bridgehead atoms. The van der Waals surface area contributed by atoms with E-state index in [1.807, 2.05) is 0 Å². The third kappa shape index (κ3) is 5.21. The van der Waals surface area contributed by atoms with Gasteiger partial charge < -0.3 is 19.5 Å². The van der Waals surface area contributed by atoms with Crippen LogP contribution in [0.1, 0.15) is 19.3 Å². The van der Waals surface area contributed by atoms with Crippen molar-refractivity contribution in [2.75, 3.05) is 32.7 Å². The molecule has 3 aromatic rings. The Morgan fingerprint density at radius 1 is 1.14 bits per heavy atom. The topological polar surface area (TPSA) is 137 Å². The number of nitrogens with one attached hydrogen (secondary N) is 1. The third-order valence-electron chi connectivity index (χ3n) is 5.59.